The number of hydrogen-bond acceptors (Lipinski definition) is 5. The third-order valence-electron chi connectivity index (χ3n) is 3.09. The van der Waals surface area contributed by atoms with E-state index in [0.717, 1.165) is 6.42 Å². The summed E-state index contributed by atoms with van der Waals surface area (Å²) < 4.78 is 31.2. The second-order valence-electron chi connectivity index (χ2n) is 4.39. The number of anilines is 1. The fourth-order valence-corrected chi connectivity index (χ4v) is 3.72. The molecule has 100 valence electrons. The molecule has 2 N–H and O–H groups in total. The second-order valence-corrected chi connectivity index (χ2v) is 6.29. The highest BCUT2D eigenvalue weighted by atomic mass is 32.2. The molecule has 1 aliphatic heterocycles. The van der Waals surface area contributed by atoms with Gasteiger partial charge in [-0.1, -0.05) is 0 Å². The maximum atomic E-state index is 12.4. The first-order chi connectivity index (χ1) is 8.55. The topological polar surface area (TPSA) is 85.5 Å². The molecule has 1 unspecified atom stereocenters. The molecule has 0 aromatic carbocycles. The van der Waals surface area contributed by atoms with Gasteiger partial charge in [-0.15, -0.1) is 0 Å². The van der Waals surface area contributed by atoms with Gasteiger partial charge in [0.15, 0.2) is 0 Å². The first-order valence-corrected chi connectivity index (χ1v) is 7.18. The molecule has 0 radical (unpaired) electrons. The minimum atomic E-state index is -3.53. The van der Waals surface area contributed by atoms with Crippen LogP contribution in [0.25, 0.3) is 0 Å². The van der Waals surface area contributed by atoms with Crippen molar-refractivity contribution in [1.29, 1.82) is 0 Å². The summed E-state index contributed by atoms with van der Waals surface area (Å²) in [4.78, 5) is 3.91. The van der Waals surface area contributed by atoms with Gasteiger partial charge >= 0.3 is 0 Å². The Balaban J connectivity index is 2.21. The average Bonchev–Trinajstić information content (AvgIpc) is 2.79. The monoisotopic (exact) mass is 271 g/mol. The maximum absolute atomic E-state index is 12.4. The van der Waals surface area contributed by atoms with E-state index in [2.05, 4.69) is 4.98 Å². The molecule has 1 aromatic heterocycles. The molecule has 1 atom stereocenters. The molecule has 0 aliphatic carbocycles. The van der Waals surface area contributed by atoms with Crippen molar-refractivity contribution in [3.63, 3.8) is 0 Å². The molecular formula is C11H17N3O3S. The van der Waals surface area contributed by atoms with E-state index in [-0.39, 0.29) is 16.5 Å². The molecule has 1 aromatic rings. The van der Waals surface area contributed by atoms with Crippen molar-refractivity contribution in [3.8, 4) is 0 Å². The molecule has 6 nitrogen and oxygen atoms in total. The van der Waals surface area contributed by atoms with E-state index >= 15 is 0 Å². The van der Waals surface area contributed by atoms with Crippen LogP contribution in [0, 0.1) is 5.92 Å². The highest BCUT2D eigenvalue weighted by Crippen LogP contribution is 2.26. The van der Waals surface area contributed by atoms with Gasteiger partial charge < -0.3 is 10.5 Å². The van der Waals surface area contributed by atoms with Gasteiger partial charge in [-0.2, -0.15) is 4.31 Å². The van der Waals surface area contributed by atoms with Crippen LogP contribution >= 0.6 is 0 Å². The van der Waals surface area contributed by atoms with E-state index in [1.54, 1.807) is 7.11 Å². The average molecular weight is 271 g/mol. The summed E-state index contributed by atoms with van der Waals surface area (Å²) in [6.07, 6.45) is 3.59. The third kappa shape index (κ3) is 2.47. The zero-order chi connectivity index (χ0) is 13.2. The van der Waals surface area contributed by atoms with Crippen molar-refractivity contribution in [2.75, 3.05) is 32.5 Å². The van der Waals surface area contributed by atoms with Crippen molar-refractivity contribution in [2.45, 2.75) is 11.3 Å². The summed E-state index contributed by atoms with van der Waals surface area (Å²) >= 11 is 0. The van der Waals surface area contributed by atoms with E-state index < -0.39 is 10.0 Å². The van der Waals surface area contributed by atoms with E-state index in [4.69, 9.17) is 10.5 Å². The molecular weight excluding hydrogens is 254 g/mol. The van der Waals surface area contributed by atoms with Gasteiger partial charge in [0.2, 0.25) is 10.0 Å². The molecule has 18 heavy (non-hydrogen) atoms. The largest absolute Gasteiger partial charge is 0.398 e. The van der Waals surface area contributed by atoms with E-state index in [1.165, 1.54) is 22.8 Å². The molecule has 1 fully saturated rings. The van der Waals surface area contributed by atoms with Crippen LogP contribution in [0.15, 0.2) is 23.4 Å². The Kier molecular flexibility index (Phi) is 3.84. The van der Waals surface area contributed by atoms with Crippen LogP contribution in [-0.2, 0) is 14.8 Å². The molecule has 0 amide bonds. The van der Waals surface area contributed by atoms with Crippen molar-refractivity contribution in [1.82, 2.24) is 9.29 Å². The van der Waals surface area contributed by atoms with E-state index in [9.17, 15) is 8.42 Å². The van der Waals surface area contributed by atoms with Crippen LogP contribution in [0.2, 0.25) is 0 Å². The van der Waals surface area contributed by atoms with Crippen molar-refractivity contribution in [2.24, 2.45) is 5.92 Å². The molecule has 7 heteroatoms. The van der Waals surface area contributed by atoms with Gasteiger partial charge in [-0.3, -0.25) is 4.98 Å². The number of sulfonamides is 1. The number of pyridine rings is 1. The summed E-state index contributed by atoms with van der Waals surface area (Å²) in [6.45, 7) is 1.56. The van der Waals surface area contributed by atoms with E-state index in [1.807, 2.05) is 0 Å². The van der Waals surface area contributed by atoms with Crippen molar-refractivity contribution >= 4 is 15.7 Å². The van der Waals surface area contributed by atoms with Gasteiger partial charge in [0.1, 0.15) is 4.90 Å². The lowest BCUT2D eigenvalue weighted by Gasteiger charge is -2.17. The molecule has 1 aliphatic rings. The number of ether oxygens (including phenoxy) is 1. The smallest absolute Gasteiger partial charge is 0.246 e. The Morgan fingerprint density at radius 2 is 2.39 bits per heavy atom. The van der Waals surface area contributed by atoms with Crippen molar-refractivity contribution in [3.05, 3.63) is 18.5 Å². The van der Waals surface area contributed by atoms with Crippen LogP contribution in [0.3, 0.4) is 0 Å². The number of nitrogens with two attached hydrogens (primary N) is 1. The lowest BCUT2D eigenvalue weighted by molar-refractivity contribution is 0.157. The lowest BCUT2D eigenvalue weighted by atomic mass is 10.1. The standard InChI is InChI=1S/C11H17N3O3S/c1-17-8-9-3-5-14(7-9)18(15,16)11-6-13-4-2-10(11)12/h2,4,6,9H,3,5,7-8H2,1H3,(H2,12,13). The van der Waals surface area contributed by atoms with Gasteiger partial charge in [0, 0.05) is 32.6 Å². The van der Waals surface area contributed by atoms with Crippen molar-refractivity contribution < 1.29 is 13.2 Å². The number of hydrogen-bond donors (Lipinski definition) is 1. The lowest BCUT2D eigenvalue weighted by Crippen LogP contribution is -2.30. The third-order valence-corrected chi connectivity index (χ3v) is 4.99. The molecule has 0 spiro atoms. The summed E-state index contributed by atoms with van der Waals surface area (Å²) in [5.74, 6) is 0.252. The molecule has 2 rings (SSSR count). The molecule has 1 saturated heterocycles. The summed E-state index contributed by atoms with van der Waals surface area (Å²) in [7, 11) is -1.91. The summed E-state index contributed by atoms with van der Waals surface area (Å²) in [6, 6.07) is 1.50. The van der Waals surface area contributed by atoms with Crippen LogP contribution < -0.4 is 5.73 Å². The summed E-state index contributed by atoms with van der Waals surface area (Å²) in [5.41, 5.74) is 5.93. The predicted octanol–water partition coefficient (Wildman–Crippen LogP) is 0.321. The summed E-state index contributed by atoms with van der Waals surface area (Å²) in [5, 5.41) is 0. The first-order valence-electron chi connectivity index (χ1n) is 5.74. The Labute approximate surface area is 107 Å². The zero-order valence-electron chi connectivity index (χ0n) is 10.2. The van der Waals surface area contributed by atoms with Crippen LogP contribution in [0.4, 0.5) is 5.69 Å². The Hall–Kier alpha value is -1.18. The number of nitrogens with zero attached hydrogens (tertiary/aromatic N) is 2. The van der Waals surface area contributed by atoms with Gasteiger partial charge in [-0.25, -0.2) is 8.42 Å². The van der Waals surface area contributed by atoms with Gasteiger partial charge in [-0.05, 0) is 18.4 Å². The Morgan fingerprint density at radius 1 is 1.61 bits per heavy atom. The number of nitrogen functional groups attached to an aromatic ring is 1. The SMILES string of the molecule is COCC1CCN(S(=O)(=O)c2cnccc2N)C1. The maximum Gasteiger partial charge on any atom is 0.246 e. The van der Waals surface area contributed by atoms with Gasteiger partial charge in [0.05, 0.1) is 12.3 Å². The fraction of sp³-hybridized carbons (Fsp3) is 0.545. The predicted molar refractivity (Wildman–Crippen MR) is 67.4 cm³/mol. The van der Waals surface area contributed by atoms with Crippen LogP contribution in [0.1, 0.15) is 6.42 Å². The normalized spacial score (nSPS) is 21.3. The van der Waals surface area contributed by atoms with Crippen LogP contribution in [0.5, 0.6) is 0 Å². The molecule has 0 saturated carbocycles. The Morgan fingerprint density at radius 3 is 3.06 bits per heavy atom. The number of methoxy groups -OCH3 is 1. The van der Waals surface area contributed by atoms with E-state index in [0.29, 0.717) is 19.7 Å². The number of aromatic nitrogens is 1. The highest BCUT2D eigenvalue weighted by molar-refractivity contribution is 7.89. The molecule has 0 bridgehead atoms. The van der Waals surface area contributed by atoms with Crippen LogP contribution in [-0.4, -0.2) is 44.5 Å². The highest BCUT2D eigenvalue weighted by Gasteiger charge is 2.33. The minimum Gasteiger partial charge on any atom is -0.398 e. The zero-order valence-corrected chi connectivity index (χ0v) is 11.1. The second kappa shape index (κ2) is 5.21. The quantitative estimate of drug-likeness (QED) is 0.852. The minimum absolute atomic E-state index is 0.0862. The van der Waals surface area contributed by atoms with Gasteiger partial charge in [0.25, 0.3) is 0 Å². The fourth-order valence-electron chi connectivity index (χ4n) is 2.13. The number of rotatable bonds is 4. The molecule has 2 heterocycles. The first kappa shape index (κ1) is 13.3. The Bertz CT molecular complexity index is 518.